The first kappa shape index (κ1) is 17.0. The highest BCUT2D eigenvalue weighted by Gasteiger charge is 2.49. The molecule has 0 radical (unpaired) electrons. The van der Waals surface area contributed by atoms with Crippen LogP contribution in [0.25, 0.3) is 0 Å². The SMILES string of the molecule is C[C@H](CCc1ccccc1)N1CCC[C@@H]([C@]2(C)NC(=O)NC2=O)C1. The summed E-state index contributed by atoms with van der Waals surface area (Å²) in [5.74, 6) is -0.0202. The van der Waals surface area contributed by atoms with Gasteiger partial charge in [-0.15, -0.1) is 0 Å². The van der Waals surface area contributed by atoms with E-state index in [1.54, 1.807) is 0 Å². The minimum Gasteiger partial charge on any atom is -0.323 e. The zero-order valence-electron chi connectivity index (χ0n) is 14.5. The minimum absolute atomic E-state index is 0.164. The second-order valence-corrected chi connectivity index (χ2v) is 7.32. The summed E-state index contributed by atoms with van der Waals surface area (Å²) in [5, 5.41) is 5.23. The van der Waals surface area contributed by atoms with Crippen LogP contribution in [-0.2, 0) is 11.2 Å². The van der Waals surface area contributed by atoms with Gasteiger partial charge >= 0.3 is 6.03 Å². The Kier molecular flexibility index (Phi) is 4.90. The molecule has 5 heteroatoms. The molecule has 3 amide bonds. The number of carbonyl (C=O) groups is 2. The fraction of sp³-hybridized carbons (Fsp3) is 0.579. The molecule has 2 heterocycles. The van der Waals surface area contributed by atoms with Crippen molar-refractivity contribution in [3.8, 4) is 0 Å². The van der Waals surface area contributed by atoms with Crippen molar-refractivity contribution in [3.63, 3.8) is 0 Å². The van der Waals surface area contributed by atoms with Gasteiger partial charge in [0.1, 0.15) is 5.54 Å². The summed E-state index contributed by atoms with van der Waals surface area (Å²) in [4.78, 5) is 26.2. The van der Waals surface area contributed by atoms with Crippen molar-refractivity contribution in [2.24, 2.45) is 5.92 Å². The van der Waals surface area contributed by atoms with E-state index in [1.165, 1.54) is 5.56 Å². The minimum atomic E-state index is -0.769. The second-order valence-electron chi connectivity index (χ2n) is 7.32. The Balaban J connectivity index is 1.59. The van der Waals surface area contributed by atoms with Gasteiger partial charge in [0.05, 0.1) is 0 Å². The van der Waals surface area contributed by atoms with E-state index < -0.39 is 5.54 Å². The highest BCUT2D eigenvalue weighted by Crippen LogP contribution is 2.31. The summed E-state index contributed by atoms with van der Waals surface area (Å²) in [6.07, 6.45) is 4.22. The van der Waals surface area contributed by atoms with Crippen LogP contribution in [0.5, 0.6) is 0 Å². The van der Waals surface area contributed by atoms with Crippen molar-refractivity contribution in [1.82, 2.24) is 15.5 Å². The number of nitrogens with one attached hydrogen (secondary N) is 2. The van der Waals surface area contributed by atoms with E-state index in [1.807, 2.05) is 13.0 Å². The Labute approximate surface area is 143 Å². The fourth-order valence-electron chi connectivity index (χ4n) is 3.93. The predicted octanol–water partition coefficient (Wildman–Crippen LogP) is 2.32. The number of amides is 3. The number of piperidine rings is 1. The van der Waals surface area contributed by atoms with Crippen LogP contribution in [0, 0.1) is 5.92 Å². The first-order valence-corrected chi connectivity index (χ1v) is 8.90. The molecular formula is C19H27N3O2. The molecule has 3 atom stereocenters. The number of aryl methyl sites for hydroxylation is 1. The third kappa shape index (κ3) is 3.46. The highest BCUT2D eigenvalue weighted by molar-refractivity contribution is 6.06. The maximum atomic E-state index is 12.2. The number of hydrogen-bond donors (Lipinski definition) is 2. The van der Waals surface area contributed by atoms with Crippen LogP contribution in [0.3, 0.4) is 0 Å². The Morgan fingerprint density at radius 2 is 2.04 bits per heavy atom. The number of rotatable bonds is 5. The molecular weight excluding hydrogens is 302 g/mol. The molecule has 2 fully saturated rings. The number of urea groups is 1. The molecule has 0 spiro atoms. The van der Waals surface area contributed by atoms with Crippen molar-refractivity contribution in [1.29, 1.82) is 0 Å². The lowest BCUT2D eigenvalue weighted by Crippen LogP contribution is -2.56. The Bertz CT molecular complexity index is 604. The molecule has 0 aliphatic carbocycles. The van der Waals surface area contributed by atoms with Gasteiger partial charge in [-0.05, 0) is 51.6 Å². The molecule has 0 bridgehead atoms. The topological polar surface area (TPSA) is 61.4 Å². The van der Waals surface area contributed by atoms with Crippen molar-refractivity contribution in [2.75, 3.05) is 13.1 Å². The van der Waals surface area contributed by atoms with Crippen LogP contribution in [0.2, 0.25) is 0 Å². The number of likely N-dealkylation sites (tertiary alicyclic amines) is 1. The van der Waals surface area contributed by atoms with Crippen LogP contribution < -0.4 is 10.6 Å². The van der Waals surface area contributed by atoms with E-state index in [9.17, 15) is 9.59 Å². The average Bonchev–Trinajstić information content (AvgIpc) is 2.87. The standard InChI is InChI=1S/C19H27N3O2/c1-14(10-11-15-7-4-3-5-8-15)22-12-6-9-16(13-22)19(2)17(23)20-18(24)21-19/h3-5,7-8,14,16H,6,9-13H2,1-2H3,(H2,20,21,23,24)/t14-,16-,19+/m1/s1. The summed E-state index contributed by atoms with van der Waals surface area (Å²) in [5.41, 5.74) is 0.599. The summed E-state index contributed by atoms with van der Waals surface area (Å²) in [6, 6.07) is 10.7. The molecule has 24 heavy (non-hydrogen) atoms. The van der Waals surface area contributed by atoms with Crippen molar-refractivity contribution < 1.29 is 9.59 Å². The maximum Gasteiger partial charge on any atom is 0.322 e. The molecule has 5 nitrogen and oxygen atoms in total. The summed E-state index contributed by atoms with van der Waals surface area (Å²) in [6.45, 7) is 6.05. The van der Waals surface area contributed by atoms with Crippen molar-refractivity contribution >= 4 is 11.9 Å². The van der Waals surface area contributed by atoms with E-state index in [2.05, 4.69) is 46.7 Å². The van der Waals surface area contributed by atoms with Crippen molar-refractivity contribution in [2.45, 2.75) is 51.1 Å². The number of benzene rings is 1. The monoisotopic (exact) mass is 329 g/mol. The van der Waals surface area contributed by atoms with Crippen LogP contribution in [0.4, 0.5) is 4.79 Å². The van der Waals surface area contributed by atoms with Gasteiger partial charge in [0.25, 0.3) is 5.91 Å². The van der Waals surface area contributed by atoms with E-state index in [0.717, 1.165) is 38.8 Å². The fourth-order valence-corrected chi connectivity index (χ4v) is 3.93. The molecule has 0 saturated carbocycles. The zero-order chi connectivity index (χ0) is 17.2. The molecule has 0 unspecified atom stereocenters. The summed E-state index contributed by atoms with van der Waals surface area (Å²) >= 11 is 0. The maximum absolute atomic E-state index is 12.2. The van der Waals surface area contributed by atoms with Gasteiger partial charge in [-0.3, -0.25) is 10.1 Å². The Hall–Kier alpha value is -1.88. The molecule has 2 aliphatic rings. The van der Waals surface area contributed by atoms with E-state index >= 15 is 0 Å². The summed E-state index contributed by atoms with van der Waals surface area (Å²) < 4.78 is 0. The molecule has 1 aromatic carbocycles. The van der Waals surface area contributed by atoms with Gasteiger partial charge < -0.3 is 10.2 Å². The van der Waals surface area contributed by atoms with E-state index in [4.69, 9.17) is 0 Å². The molecule has 3 rings (SSSR count). The van der Waals surface area contributed by atoms with Crippen LogP contribution in [-0.4, -0.2) is 41.5 Å². The molecule has 1 aromatic rings. The number of nitrogens with zero attached hydrogens (tertiary/aromatic N) is 1. The van der Waals surface area contributed by atoms with E-state index in [0.29, 0.717) is 6.04 Å². The Morgan fingerprint density at radius 1 is 1.29 bits per heavy atom. The molecule has 0 aromatic heterocycles. The van der Waals surface area contributed by atoms with E-state index in [-0.39, 0.29) is 17.9 Å². The van der Waals surface area contributed by atoms with Gasteiger partial charge in [-0.25, -0.2) is 4.79 Å². The second kappa shape index (κ2) is 6.93. The molecule has 2 aliphatic heterocycles. The number of carbonyl (C=O) groups excluding carboxylic acids is 2. The third-order valence-electron chi connectivity index (χ3n) is 5.66. The highest BCUT2D eigenvalue weighted by atomic mass is 16.2. The number of imide groups is 1. The predicted molar refractivity (Wildman–Crippen MR) is 93.6 cm³/mol. The normalized spacial score (nSPS) is 29.2. The van der Waals surface area contributed by atoms with Crippen molar-refractivity contribution in [3.05, 3.63) is 35.9 Å². The molecule has 130 valence electrons. The smallest absolute Gasteiger partial charge is 0.322 e. The summed E-state index contributed by atoms with van der Waals surface area (Å²) in [7, 11) is 0. The zero-order valence-corrected chi connectivity index (χ0v) is 14.5. The van der Waals surface area contributed by atoms with Gasteiger partial charge in [0.2, 0.25) is 0 Å². The molecule has 2 N–H and O–H groups in total. The first-order chi connectivity index (χ1) is 11.5. The van der Waals surface area contributed by atoms with Gasteiger partial charge in [-0.1, -0.05) is 30.3 Å². The largest absolute Gasteiger partial charge is 0.323 e. The van der Waals surface area contributed by atoms with Crippen LogP contribution in [0.15, 0.2) is 30.3 Å². The lowest BCUT2D eigenvalue weighted by Gasteiger charge is -2.42. The molecule has 2 saturated heterocycles. The van der Waals surface area contributed by atoms with Gasteiger partial charge in [0, 0.05) is 18.5 Å². The third-order valence-corrected chi connectivity index (χ3v) is 5.66. The van der Waals surface area contributed by atoms with Gasteiger partial charge in [0.15, 0.2) is 0 Å². The van der Waals surface area contributed by atoms with Crippen LogP contribution in [0.1, 0.15) is 38.7 Å². The van der Waals surface area contributed by atoms with Gasteiger partial charge in [-0.2, -0.15) is 0 Å². The van der Waals surface area contributed by atoms with Crippen LogP contribution >= 0.6 is 0 Å². The number of hydrogen-bond acceptors (Lipinski definition) is 3. The Morgan fingerprint density at radius 3 is 2.71 bits per heavy atom. The lowest BCUT2D eigenvalue weighted by molar-refractivity contribution is -0.126. The average molecular weight is 329 g/mol. The lowest BCUT2D eigenvalue weighted by atomic mass is 9.79. The quantitative estimate of drug-likeness (QED) is 0.815. The first-order valence-electron chi connectivity index (χ1n) is 8.90.